The van der Waals surface area contributed by atoms with Crippen molar-refractivity contribution >= 4 is 28.4 Å². The summed E-state index contributed by atoms with van der Waals surface area (Å²) in [6.45, 7) is 6.39. The van der Waals surface area contributed by atoms with Gasteiger partial charge in [0, 0.05) is 13.5 Å². The standard InChI is InChI=1S/C10H16IN3/c1-5-7-13-9(6(2)3)8(11)10(12-4)14-7/h6H,5H2,1-4H3,(H,12,13,14). The molecule has 0 aliphatic carbocycles. The van der Waals surface area contributed by atoms with Crippen LogP contribution in [0.2, 0.25) is 0 Å². The number of anilines is 1. The first-order valence-electron chi connectivity index (χ1n) is 4.84. The van der Waals surface area contributed by atoms with E-state index in [4.69, 9.17) is 0 Å². The minimum absolute atomic E-state index is 0.447. The maximum absolute atomic E-state index is 4.54. The van der Waals surface area contributed by atoms with E-state index in [9.17, 15) is 0 Å². The van der Waals surface area contributed by atoms with Gasteiger partial charge in [-0.1, -0.05) is 20.8 Å². The van der Waals surface area contributed by atoms with Crippen LogP contribution in [0.4, 0.5) is 5.82 Å². The van der Waals surface area contributed by atoms with Crippen LogP contribution in [0.1, 0.15) is 38.2 Å². The topological polar surface area (TPSA) is 37.8 Å². The summed E-state index contributed by atoms with van der Waals surface area (Å²) in [5.74, 6) is 2.31. The number of rotatable bonds is 3. The van der Waals surface area contributed by atoms with Gasteiger partial charge in [-0.05, 0) is 28.5 Å². The van der Waals surface area contributed by atoms with Crippen molar-refractivity contribution in [1.82, 2.24) is 9.97 Å². The quantitative estimate of drug-likeness (QED) is 0.873. The monoisotopic (exact) mass is 305 g/mol. The second kappa shape index (κ2) is 4.91. The largest absolute Gasteiger partial charge is 0.372 e. The Hall–Kier alpha value is -0.390. The summed E-state index contributed by atoms with van der Waals surface area (Å²) in [6, 6.07) is 0. The molecule has 4 heteroatoms. The van der Waals surface area contributed by atoms with E-state index in [0.29, 0.717) is 5.92 Å². The van der Waals surface area contributed by atoms with E-state index in [2.05, 4.69) is 58.6 Å². The Balaban J connectivity index is 3.27. The summed E-state index contributed by atoms with van der Waals surface area (Å²) in [4.78, 5) is 8.96. The second-order valence-corrected chi connectivity index (χ2v) is 4.52. The summed E-state index contributed by atoms with van der Waals surface area (Å²) in [6.07, 6.45) is 0.880. The summed E-state index contributed by atoms with van der Waals surface area (Å²) >= 11 is 2.30. The van der Waals surface area contributed by atoms with Crippen molar-refractivity contribution in [3.8, 4) is 0 Å². The van der Waals surface area contributed by atoms with Crippen LogP contribution >= 0.6 is 22.6 Å². The lowest BCUT2D eigenvalue weighted by molar-refractivity contribution is 0.780. The van der Waals surface area contributed by atoms with Gasteiger partial charge in [-0.15, -0.1) is 0 Å². The molecule has 0 aliphatic heterocycles. The van der Waals surface area contributed by atoms with Crippen molar-refractivity contribution in [2.45, 2.75) is 33.1 Å². The SMILES string of the molecule is CCc1nc(NC)c(I)c(C(C)C)n1. The third-order valence-electron chi connectivity index (χ3n) is 2.02. The molecule has 14 heavy (non-hydrogen) atoms. The molecule has 0 fully saturated rings. The molecule has 0 atom stereocenters. The fraction of sp³-hybridized carbons (Fsp3) is 0.600. The Morgan fingerprint density at radius 3 is 2.43 bits per heavy atom. The Kier molecular flexibility index (Phi) is 4.10. The molecule has 3 nitrogen and oxygen atoms in total. The highest BCUT2D eigenvalue weighted by Crippen LogP contribution is 2.24. The predicted molar refractivity (Wildman–Crippen MR) is 67.8 cm³/mol. The van der Waals surface area contributed by atoms with Crippen molar-refractivity contribution in [2.75, 3.05) is 12.4 Å². The summed E-state index contributed by atoms with van der Waals surface area (Å²) in [5.41, 5.74) is 1.14. The molecule has 0 aliphatic rings. The van der Waals surface area contributed by atoms with Gasteiger partial charge in [0.15, 0.2) is 0 Å². The van der Waals surface area contributed by atoms with Crippen LogP contribution in [-0.2, 0) is 6.42 Å². The van der Waals surface area contributed by atoms with Crippen LogP contribution in [0.25, 0.3) is 0 Å². The van der Waals surface area contributed by atoms with Gasteiger partial charge in [-0.3, -0.25) is 0 Å². The van der Waals surface area contributed by atoms with Crippen LogP contribution in [0, 0.1) is 3.57 Å². The molecule has 1 heterocycles. The zero-order valence-electron chi connectivity index (χ0n) is 9.06. The Labute approximate surface area is 98.9 Å². The molecule has 0 aromatic carbocycles. The van der Waals surface area contributed by atoms with Crippen molar-refractivity contribution in [3.05, 3.63) is 15.1 Å². The van der Waals surface area contributed by atoms with Crippen molar-refractivity contribution in [1.29, 1.82) is 0 Å². The van der Waals surface area contributed by atoms with Crippen LogP contribution in [0.3, 0.4) is 0 Å². The number of nitrogens with one attached hydrogen (secondary N) is 1. The molecule has 1 rings (SSSR count). The molecular weight excluding hydrogens is 289 g/mol. The molecule has 0 saturated heterocycles. The first-order valence-corrected chi connectivity index (χ1v) is 5.92. The van der Waals surface area contributed by atoms with Crippen LogP contribution in [0.15, 0.2) is 0 Å². The Bertz CT molecular complexity index is 323. The first kappa shape index (κ1) is 11.7. The van der Waals surface area contributed by atoms with Crippen molar-refractivity contribution < 1.29 is 0 Å². The molecule has 1 aromatic heterocycles. The van der Waals surface area contributed by atoms with E-state index in [-0.39, 0.29) is 0 Å². The van der Waals surface area contributed by atoms with E-state index in [0.717, 1.165) is 27.3 Å². The molecular formula is C10H16IN3. The fourth-order valence-electron chi connectivity index (χ4n) is 1.22. The molecule has 0 saturated carbocycles. The summed E-state index contributed by atoms with van der Waals surface area (Å²) in [5, 5.41) is 3.11. The Morgan fingerprint density at radius 2 is 2.00 bits per heavy atom. The lowest BCUT2D eigenvalue weighted by Crippen LogP contribution is -2.08. The number of aromatic nitrogens is 2. The maximum Gasteiger partial charge on any atom is 0.143 e. The normalized spacial score (nSPS) is 10.7. The smallest absolute Gasteiger partial charge is 0.143 e. The molecule has 0 radical (unpaired) electrons. The van der Waals surface area contributed by atoms with Gasteiger partial charge in [0.1, 0.15) is 11.6 Å². The molecule has 0 spiro atoms. The lowest BCUT2D eigenvalue weighted by atomic mass is 10.1. The van der Waals surface area contributed by atoms with E-state index in [1.807, 2.05) is 7.05 Å². The lowest BCUT2D eigenvalue weighted by Gasteiger charge is -2.12. The van der Waals surface area contributed by atoms with E-state index in [1.54, 1.807) is 0 Å². The number of hydrogen-bond acceptors (Lipinski definition) is 3. The first-order chi connectivity index (χ1) is 6.60. The number of nitrogens with zero attached hydrogens (tertiary/aromatic N) is 2. The molecule has 1 aromatic rings. The zero-order chi connectivity index (χ0) is 10.7. The van der Waals surface area contributed by atoms with Gasteiger partial charge >= 0.3 is 0 Å². The second-order valence-electron chi connectivity index (χ2n) is 3.45. The third-order valence-corrected chi connectivity index (χ3v) is 3.09. The zero-order valence-corrected chi connectivity index (χ0v) is 11.2. The molecule has 0 amide bonds. The van der Waals surface area contributed by atoms with Crippen molar-refractivity contribution in [2.24, 2.45) is 0 Å². The van der Waals surface area contributed by atoms with Gasteiger partial charge in [0.25, 0.3) is 0 Å². The van der Waals surface area contributed by atoms with Crippen LogP contribution < -0.4 is 5.32 Å². The average molecular weight is 305 g/mol. The molecule has 1 N–H and O–H groups in total. The maximum atomic E-state index is 4.54. The van der Waals surface area contributed by atoms with Crippen LogP contribution in [-0.4, -0.2) is 17.0 Å². The van der Waals surface area contributed by atoms with Gasteiger partial charge in [-0.2, -0.15) is 0 Å². The predicted octanol–water partition coefficient (Wildman–Crippen LogP) is 2.81. The number of aryl methyl sites for hydroxylation is 1. The number of hydrogen-bond donors (Lipinski definition) is 1. The van der Waals surface area contributed by atoms with E-state index < -0.39 is 0 Å². The highest BCUT2D eigenvalue weighted by atomic mass is 127. The average Bonchev–Trinajstić information content (AvgIpc) is 2.17. The summed E-state index contributed by atoms with van der Waals surface area (Å²) in [7, 11) is 1.90. The van der Waals surface area contributed by atoms with Gasteiger partial charge in [-0.25, -0.2) is 9.97 Å². The van der Waals surface area contributed by atoms with Crippen LogP contribution in [0.5, 0.6) is 0 Å². The van der Waals surface area contributed by atoms with Gasteiger partial charge in [0.05, 0.1) is 9.26 Å². The highest BCUT2D eigenvalue weighted by Gasteiger charge is 2.12. The van der Waals surface area contributed by atoms with Gasteiger partial charge in [0.2, 0.25) is 0 Å². The Morgan fingerprint density at radius 1 is 1.36 bits per heavy atom. The van der Waals surface area contributed by atoms with Crippen molar-refractivity contribution in [3.63, 3.8) is 0 Å². The molecule has 0 unspecified atom stereocenters. The van der Waals surface area contributed by atoms with E-state index in [1.165, 1.54) is 0 Å². The number of halogens is 1. The highest BCUT2D eigenvalue weighted by molar-refractivity contribution is 14.1. The fourth-order valence-corrected chi connectivity index (χ4v) is 2.35. The molecule has 0 bridgehead atoms. The minimum Gasteiger partial charge on any atom is -0.372 e. The molecule has 78 valence electrons. The van der Waals surface area contributed by atoms with Gasteiger partial charge < -0.3 is 5.32 Å². The summed E-state index contributed by atoms with van der Waals surface area (Å²) < 4.78 is 1.14. The minimum atomic E-state index is 0.447. The van der Waals surface area contributed by atoms with E-state index >= 15 is 0 Å². The third kappa shape index (κ3) is 2.34.